The zero-order valence-corrected chi connectivity index (χ0v) is 16.9. The SMILES string of the molecule is O=COC(CN(C(=O)OCc1ccccc1)C(F)(F)F)c1ccc(-c2ccccc2)cc1. The predicted molar refractivity (Wildman–Crippen MR) is 111 cm³/mol. The van der Waals surface area contributed by atoms with E-state index in [4.69, 9.17) is 9.47 Å². The summed E-state index contributed by atoms with van der Waals surface area (Å²) in [5, 5.41) is 0. The first-order chi connectivity index (χ1) is 15.4. The number of hydrogen-bond donors (Lipinski definition) is 0. The van der Waals surface area contributed by atoms with Gasteiger partial charge in [-0.05, 0) is 22.3 Å². The van der Waals surface area contributed by atoms with Gasteiger partial charge in [-0.3, -0.25) is 4.79 Å². The number of benzene rings is 3. The van der Waals surface area contributed by atoms with Gasteiger partial charge in [0, 0.05) is 0 Å². The van der Waals surface area contributed by atoms with Gasteiger partial charge in [-0.25, -0.2) is 9.69 Å². The highest BCUT2D eigenvalue weighted by molar-refractivity contribution is 5.68. The zero-order chi connectivity index (χ0) is 23.0. The smallest absolute Gasteiger partial charge is 0.458 e. The number of rotatable bonds is 8. The van der Waals surface area contributed by atoms with Crippen LogP contribution in [0.3, 0.4) is 0 Å². The van der Waals surface area contributed by atoms with Crippen molar-refractivity contribution in [3.05, 3.63) is 96.1 Å². The number of carbonyl (C=O) groups is 2. The molecule has 0 aliphatic carbocycles. The Morgan fingerprint density at radius 3 is 2.00 bits per heavy atom. The van der Waals surface area contributed by atoms with Crippen molar-refractivity contribution in [2.45, 2.75) is 19.0 Å². The van der Waals surface area contributed by atoms with Gasteiger partial charge in [-0.1, -0.05) is 84.9 Å². The van der Waals surface area contributed by atoms with Crippen LogP contribution in [0.4, 0.5) is 18.0 Å². The van der Waals surface area contributed by atoms with Crippen molar-refractivity contribution in [2.75, 3.05) is 6.54 Å². The highest BCUT2D eigenvalue weighted by Gasteiger charge is 2.44. The lowest BCUT2D eigenvalue weighted by Crippen LogP contribution is -2.45. The maximum Gasteiger partial charge on any atom is 0.489 e. The van der Waals surface area contributed by atoms with Crippen LogP contribution in [0.25, 0.3) is 11.1 Å². The summed E-state index contributed by atoms with van der Waals surface area (Å²) in [7, 11) is 0. The van der Waals surface area contributed by atoms with Gasteiger partial charge in [0.05, 0.1) is 6.54 Å². The fourth-order valence-corrected chi connectivity index (χ4v) is 3.06. The van der Waals surface area contributed by atoms with Crippen LogP contribution in [0.1, 0.15) is 17.2 Å². The van der Waals surface area contributed by atoms with Crippen LogP contribution in [0.15, 0.2) is 84.9 Å². The highest BCUT2D eigenvalue weighted by Crippen LogP contribution is 2.29. The summed E-state index contributed by atoms with van der Waals surface area (Å²) in [6, 6.07) is 24.2. The summed E-state index contributed by atoms with van der Waals surface area (Å²) in [5.41, 5.74) is 2.62. The monoisotopic (exact) mass is 443 g/mol. The first kappa shape index (κ1) is 22.9. The summed E-state index contributed by atoms with van der Waals surface area (Å²) in [6.45, 7) is -1.21. The molecule has 8 heteroatoms. The van der Waals surface area contributed by atoms with E-state index >= 15 is 0 Å². The zero-order valence-electron chi connectivity index (χ0n) is 16.9. The Labute approximate surface area is 183 Å². The number of carbonyl (C=O) groups excluding carboxylic acids is 2. The number of amides is 1. The Balaban J connectivity index is 1.76. The predicted octanol–water partition coefficient (Wildman–Crippen LogP) is 5.73. The van der Waals surface area contributed by atoms with E-state index in [2.05, 4.69) is 0 Å². The molecule has 0 saturated carbocycles. The molecule has 1 amide bonds. The molecule has 0 radical (unpaired) electrons. The molecular formula is C24H20F3NO4. The first-order valence-electron chi connectivity index (χ1n) is 9.68. The molecule has 5 nitrogen and oxygen atoms in total. The molecule has 0 fully saturated rings. The second-order valence-electron chi connectivity index (χ2n) is 6.83. The normalized spacial score (nSPS) is 12.0. The summed E-state index contributed by atoms with van der Waals surface area (Å²) in [4.78, 5) is 22.8. The molecule has 0 aliphatic heterocycles. The van der Waals surface area contributed by atoms with Gasteiger partial charge in [0.1, 0.15) is 12.7 Å². The van der Waals surface area contributed by atoms with E-state index in [0.717, 1.165) is 11.1 Å². The number of hydrogen-bond acceptors (Lipinski definition) is 4. The quantitative estimate of drug-likeness (QED) is 0.330. The molecule has 0 heterocycles. The average Bonchev–Trinajstić information content (AvgIpc) is 2.81. The topological polar surface area (TPSA) is 55.8 Å². The van der Waals surface area contributed by atoms with Crippen molar-refractivity contribution in [1.82, 2.24) is 4.90 Å². The lowest BCUT2D eigenvalue weighted by atomic mass is 10.0. The van der Waals surface area contributed by atoms with Gasteiger partial charge in [-0.2, -0.15) is 0 Å². The van der Waals surface area contributed by atoms with Crippen LogP contribution in [-0.4, -0.2) is 30.3 Å². The molecule has 3 aromatic carbocycles. The minimum atomic E-state index is -5.03. The molecule has 0 bridgehead atoms. The third-order valence-electron chi connectivity index (χ3n) is 4.69. The van der Waals surface area contributed by atoms with E-state index in [9.17, 15) is 22.8 Å². The Morgan fingerprint density at radius 2 is 1.44 bits per heavy atom. The van der Waals surface area contributed by atoms with Crippen molar-refractivity contribution >= 4 is 12.6 Å². The lowest BCUT2D eigenvalue weighted by molar-refractivity contribution is -0.236. The molecule has 1 atom stereocenters. The van der Waals surface area contributed by atoms with Crippen LogP contribution >= 0.6 is 0 Å². The minimum absolute atomic E-state index is 0.0552. The van der Waals surface area contributed by atoms with E-state index in [1.807, 2.05) is 30.3 Å². The van der Waals surface area contributed by atoms with Crippen LogP contribution in [0.2, 0.25) is 0 Å². The highest BCUT2D eigenvalue weighted by atomic mass is 19.4. The van der Waals surface area contributed by atoms with E-state index in [-0.39, 0.29) is 13.1 Å². The van der Waals surface area contributed by atoms with Gasteiger partial charge in [-0.15, -0.1) is 13.2 Å². The maximum absolute atomic E-state index is 13.6. The Kier molecular flexibility index (Phi) is 7.49. The molecule has 166 valence electrons. The van der Waals surface area contributed by atoms with Crippen molar-refractivity contribution in [3.63, 3.8) is 0 Å². The third-order valence-corrected chi connectivity index (χ3v) is 4.69. The first-order valence-corrected chi connectivity index (χ1v) is 9.68. The molecule has 0 spiro atoms. The van der Waals surface area contributed by atoms with Gasteiger partial charge in [0.15, 0.2) is 0 Å². The molecule has 3 aromatic rings. The Hall–Kier alpha value is -3.81. The van der Waals surface area contributed by atoms with Crippen LogP contribution < -0.4 is 0 Å². The molecule has 0 saturated heterocycles. The molecule has 1 unspecified atom stereocenters. The van der Waals surface area contributed by atoms with E-state index < -0.39 is 29.9 Å². The van der Waals surface area contributed by atoms with Gasteiger partial charge < -0.3 is 9.47 Å². The molecule has 0 N–H and O–H groups in total. The van der Waals surface area contributed by atoms with E-state index in [0.29, 0.717) is 11.1 Å². The van der Waals surface area contributed by atoms with Crippen molar-refractivity contribution in [3.8, 4) is 11.1 Å². The largest absolute Gasteiger partial charge is 0.489 e. The van der Waals surface area contributed by atoms with Crippen molar-refractivity contribution in [1.29, 1.82) is 0 Å². The minimum Gasteiger partial charge on any atom is -0.458 e. The summed E-state index contributed by atoms with van der Waals surface area (Å²) in [6.07, 6.45) is -7.94. The van der Waals surface area contributed by atoms with Gasteiger partial charge >= 0.3 is 12.4 Å². The second-order valence-corrected chi connectivity index (χ2v) is 6.83. The molecule has 0 aromatic heterocycles. The number of nitrogens with zero attached hydrogens (tertiary/aromatic N) is 1. The fourth-order valence-electron chi connectivity index (χ4n) is 3.06. The van der Waals surface area contributed by atoms with E-state index in [1.54, 1.807) is 54.6 Å². The Morgan fingerprint density at radius 1 is 0.875 bits per heavy atom. The summed E-state index contributed by atoms with van der Waals surface area (Å²) < 4.78 is 50.5. The maximum atomic E-state index is 13.6. The van der Waals surface area contributed by atoms with Gasteiger partial charge in [0.2, 0.25) is 0 Å². The van der Waals surface area contributed by atoms with Gasteiger partial charge in [0.25, 0.3) is 6.47 Å². The molecular weight excluding hydrogens is 423 g/mol. The molecule has 0 aliphatic rings. The fraction of sp³-hybridized carbons (Fsp3) is 0.167. The Bertz CT molecular complexity index is 1010. The summed E-state index contributed by atoms with van der Waals surface area (Å²) >= 11 is 0. The van der Waals surface area contributed by atoms with Crippen LogP contribution in [0.5, 0.6) is 0 Å². The van der Waals surface area contributed by atoms with Crippen molar-refractivity contribution in [2.24, 2.45) is 0 Å². The number of halogens is 3. The van der Waals surface area contributed by atoms with Crippen molar-refractivity contribution < 1.29 is 32.2 Å². The lowest BCUT2D eigenvalue weighted by Gasteiger charge is -2.28. The number of alkyl halides is 3. The van der Waals surface area contributed by atoms with Crippen LogP contribution in [0, 0.1) is 0 Å². The molecule has 3 rings (SSSR count). The van der Waals surface area contributed by atoms with Crippen LogP contribution in [-0.2, 0) is 20.9 Å². The third kappa shape index (κ3) is 6.10. The standard InChI is InChI=1S/C24H20F3NO4/c25-24(26,27)28(23(30)31-16-18-7-3-1-4-8-18)15-22(32-17-29)21-13-11-20(12-14-21)19-9-5-2-6-10-19/h1-14,17,22H,15-16H2. The molecule has 32 heavy (non-hydrogen) atoms. The number of ether oxygens (including phenoxy) is 2. The summed E-state index contributed by atoms with van der Waals surface area (Å²) in [5.74, 6) is 0. The second kappa shape index (κ2) is 10.5. The van der Waals surface area contributed by atoms with E-state index in [1.165, 1.54) is 0 Å². The average molecular weight is 443 g/mol.